The zero-order valence-corrected chi connectivity index (χ0v) is 12.5. The maximum absolute atomic E-state index is 11.2. The lowest BCUT2D eigenvalue weighted by molar-refractivity contribution is -0.140. The van der Waals surface area contributed by atoms with Gasteiger partial charge in [0.25, 0.3) is 0 Å². The second kappa shape index (κ2) is 7.27. The van der Waals surface area contributed by atoms with Crippen molar-refractivity contribution in [2.45, 2.75) is 24.5 Å². The van der Waals surface area contributed by atoms with Gasteiger partial charge in [-0.2, -0.15) is 5.26 Å². The first-order valence-corrected chi connectivity index (χ1v) is 7.00. The van der Waals surface area contributed by atoms with Gasteiger partial charge in [-0.3, -0.25) is 4.79 Å². The Morgan fingerprint density at radius 3 is 2.63 bits per heavy atom. The predicted octanol–water partition coefficient (Wildman–Crippen LogP) is 3.33. The largest absolute Gasteiger partial charge is 0.469 e. The molecule has 0 saturated heterocycles. The summed E-state index contributed by atoms with van der Waals surface area (Å²) in [4.78, 5) is 11.2. The minimum Gasteiger partial charge on any atom is -0.469 e. The number of esters is 1. The molecule has 3 nitrogen and oxygen atoms in total. The number of nitriles is 1. The highest BCUT2D eigenvalue weighted by Gasteiger charge is 2.28. The lowest BCUT2D eigenvalue weighted by Crippen LogP contribution is -2.21. The first-order chi connectivity index (χ1) is 9.00. The summed E-state index contributed by atoms with van der Waals surface area (Å²) in [5.74, 6) is -0.312. The van der Waals surface area contributed by atoms with Crippen LogP contribution < -0.4 is 0 Å². The van der Waals surface area contributed by atoms with E-state index in [1.165, 1.54) is 18.9 Å². The standard InChI is InChI=1S/C14H15NO2S2/c1-14(10-15,9-8-12(16)17-2)19-13(18)11-6-4-3-5-7-11/h3-7H,8-9H2,1-2H3. The van der Waals surface area contributed by atoms with Gasteiger partial charge in [0.05, 0.1) is 17.4 Å². The van der Waals surface area contributed by atoms with Gasteiger partial charge in [-0.05, 0) is 18.9 Å². The number of benzene rings is 1. The summed E-state index contributed by atoms with van der Waals surface area (Å²) in [6, 6.07) is 11.8. The molecule has 0 aliphatic carbocycles. The Bertz CT molecular complexity index is 496. The number of methoxy groups -OCH3 is 1. The molecule has 1 unspecified atom stereocenters. The molecular weight excluding hydrogens is 278 g/mol. The summed E-state index contributed by atoms with van der Waals surface area (Å²) >= 11 is 6.65. The van der Waals surface area contributed by atoms with Crippen molar-refractivity contribution >= 4 is 34.1 Å². The third-order valence-corrected chi connectivity index (χ3v) is 4.25. The van der Waals surface area contributed by atoms with Gasteiger partial charge in [-0.15, -0.1) is 0 Å². The van der Waals surface area contributed by atoms with E-state index < -0.39 is 4.75 Å². The number of thioether (sulfide) groups is 1. The average Bonchev–Trinajstić information content (AvgIpc) is 2.45. The van der Waals surface area contributed by atoms with E-state index in [2.05, 4.69) is 10.8 Å². The minimum absolute atomic E-state index is 0.213. The molecular formula is C14H15NO2S2. The zero-order valence-electron chi connectivity index (χ0n) is 10.9. The molecule has 0 bridgehead atoms. The molecule has 1 rings (SSSR count). The fourth-order valence-electron chi connectivity index (χ4n) is 1.41. The van der Waals surface area contributed by atoms with E-state index in [-0.39, 0.29) is 12.4 Å². The van der Waals surface area contributed by atoms with Gasteiger partial charge >= 0.3 is 5.97 Å². The summed E-state index contributed by atoms with van der Waals surface area (Å²) < 4.78 is 4.53. The Labute approximate surface area is 123 Å². The van der Waals surface area contributed by atoms with E-state index >= 15 is 0 Å². The van der Waals surface area contributed by atoms with Crippen LogP contribution in [0, 0.1) is 11.3 Å². The summed E-state index contributed by atoms with van der Waals surface area (Å²) in [6.07, 6.45) is 0.624. The van der Waals surface area contributed by atoms with Gasteiger partial charge in [0.15, 0.2) is 0 Å². The quantitative estimate of drug-likeness (QED) is 0.615. The number of hydrogen-bond acceptors (Lipinski definition) is 5. The van der Waals surface area contributed by atoms with Crippen LogP contribution in [0.2, 0.25) is 0 Å². The van der Waals surface area contributed by atoms with Crippen molar-refractivity contribution in [3.05, 3.63) is 35.9 Å². The second-order valence-electron chi connectivity index (χ2n) is 4.17. The fraction of sp³-hybridized carbons (Fsp3) is 0.357. The van der Waals surface area contributed by atoms with Crippen molar-refractivity contribution in [1.82, 2.24) is 0 Å². The highest BCUT2D eigenvalue weighted by atomic mass is 32.2. The Balaban J connectivity index is 2.68. The summed E-state index contributed by atoms with van der Waals surface area (Å²) in [7, 11) is 1.34. The molecule has 100 valence electrons. The van der Waals surface area contributed by atoms with Crippen LogP contribution in [0.4, 0.5) is 0 Å². The predicted molar refractivity (Wildman–Crippen MR) is 81.0 cm³/mol. The third-order valence-electron chi connectivity index (χ3n) is 2.60. The number of nitrogens with zero attached hydrogens (tertiary/aromatic N) is 1. The molecule has 0 N–H and O–H groups in total. The van der Waals surface area contributed by atoms with Gasteiger partial charge in [-0.1, -0.05) is 54.3 Å². The van der Waals surface area contributed by atoms with Crippen LogP contribution in [-0.2, 0) is 9.53 Å². The monoisotopic (exact) mass is 293 g/mol. The Kier molecular flexibility index (Phi) is 6.00. The van der Waals surface area contributed by atoms with Crippen LogP contribution in [0.25, 0.3) is 0 Å². The van der Waals surface area contributed by atoms with E-state index in [0.29, 0.717) is 10.6 Å². The third kappa shape index (κ3) is 5.01. The van der Waals surface area contributed by atoms with Crippen LogP contribution in [0.5, 0.6) is 0 Å². The maximum Gasteiger partial charge on any atom is 0.305 e. The summed E-state index contributed by atoms with van der Waals surface area (Å²) in [5, 5.41) is 9.28. The first kappa shape index (κ1) is 15.7. The highest BCUT2D eigenvalue weighted by molar-refractivity contribution is 8.24. The average molecular weight is 293 g/mol. The van der Waals surface area contributed by atoms with Crippen molar-refractivity contribution < 1.29 is 9.53 Å². The molecule has 1 aromatic carbocycles. The summed E-state index contributed by atoms with van der Waals surface area (Å²) in [5.41, 5.74) is 0.919. The first-order valence-electron chi connectivity index (χ1n) is 5.77. The molecule has 0 aliphatic heterocycles. The van der Waals surface area contributed by atoms with E-state index in [9.17, 15) is 10.1 Å². The van der Waals surface area contributed by atoms with Crippen molar-refractivity contribution in [3.63, 3.8) is 0 Å². The number of rotatable bonds is 5. The van der Waals surface area contributed by atoms with E-state index in [1.807, 2.05) is 30.3 Å². The van der Waals surface area contributed by atoms with Crippen LogP contribution in [0.1, 0.15) is 25.3 Å². The molecule has 19 heavy (non-hydrogen) atoms. The fourth-order valence-corrected chi connectivity index (χ4v) is 3.01. The van der Waals surface area contributed by atoms with Gasteiger partial charge in [-0.25, -0.2) is 0 Å². The van der Waals surface area contributed by atoms with Crippen LogP contribution in [-0.4, -0.2) is 22.0 Å². The number of ether oxygens (including phenoxy) is 1. The lowest BCUT2D eigenvalue weighted by atomic mass is 10.1. The summed E-state index contributed by atoms with van der Waals surface area (Å²) in [6.45, 7) is 1.79. The molecule has 0 heterocycles. The molecule has 0 radical (unpaired) electrons. The Hall–Kier alpha value is -1.38. The van der Waals surface area contributed by atoms with Crippen LogP contribution >= 0.6 is 24.0 Å². The van der Waals surface area contributed by atoms with Crippen molar-refractivity contribution in [2.75, 3.05) is 7.11 Å². The molecule has 5 heteroatoms. The van der Waals surface area contributed by atoms with Gasteiger partial charge in [0.2, 0.25) is 0 Å². The Morgan fingerprint density at radius 2 is 2.11 bits per heavy atom. The smallest absolute Gasteiger partial charge is 0.305 e. The number of carbonyl (C=O) groups excluding carboxylic acids is 1. The molecule has 0 amide bonds. The normalized spacial score (nSPS) is 13.1. The maximum atomic E-state index is 11.2. The lowest BCUT2D eigenvalue weighted by Gasteiger charge is -2.20. The van der Waals surface area contributed by atoms with E-state index in [0.717, 1.165) is 5.56 Å². The molecule has 0 saturated carbocycles. The SMILES string of the molecule is COC(=O)CCC(C)(C#N)SC(=S)c1ccccc1. The van der Waals surface area contributed by atoms with Crippen molar-refractivity contribution in [2.24, 2.45) is 0 Å². The Morgan fingerprint density at radius 1 is 1.47 bits per heavy atom. The second-order valence-corrected chi connectivity index (χ2v) is 6.35. The van der Waals surface area contributed by atoms with Crippen molar-refractivity contribution in [1.29, 1.82) is 5.26 Å². The number of carbonyl (C=O) groups is 1. The van der Waals surface area contributed by atoms with Gasteiger partial charge < -0.3 is 4.74 Å². The zero-order chi connectivity index (χ0) is 14.3. The van der Waals surface area contributed by atoms with Gasteiger partial charge in [0.1, 0.15) is 4.75 Å². The number of thiocarbonyl (C=S) groups is 1. The molecule has 0 spiro atoms. The van der Waals surface area contributed by atoms with E-state index in [4.69, 9.17) is 12.2 Å². The van der Waals surface area contributed by atoms with Crippen LogP contribution in [0.3, 0.4) is 0 Å². The molecule has 1 atom stereocenters. The molecule has 0 aliphatic rings. The number of hydrogen-bond donors (Lipinski definition) is 0. The highest BCUT2D eigenvalue weighted by Crippen LogP contribution is 2.33. The molecule has 1 aromatic rings. The molecule has 0 aromatic heterocycles. The topological polar surface area (TPSA) is 50.1 Å². The minimum atomic E-state index is -0.721. The van der Waals surface area contributed by atoms with E-state index in [1.54, 1.807) is 6.92 Å². The van der Waals surface area contributed by atoms with Gasteiger partial charge in [0, 0.05) is 6.42 Å². The molecule has 0 fully saturated rings. The van der Waals surface area contributed by atoms with Crippen LogP contribution in [0.15, 0.2) is 30.3 Å². The van der Waals surface area contributed by atoms with Crippen molar-refractivity contribution in [3.8, 4) is 6.07 Å².